The van der Waals surface area contributed by atoms with Gasteiger partial charge in [-0.05, 0) is 31.4 Å². The second-order valence-corrected chi connectivity index (χ2v) is 7.95. The normalized spacial score (nSPS) is 20.9. The number of carbonyl (C=O) groups excluding carboxylic acids is 1. The quantitative estimate of drug-likeness (QED) is 0.853. The molecular formula is C15H21NO3S. The Bertz CT molecular complexity index is 622. The highest BCUT2D eigenvalue weighted by molar-refractivity contribution is 7.91. The summed E-state index contributed by atoms with van der Waals surface area (Å²) in [7, 11) is -1.27. The smallest absolute Gasteiger partial charge is 0.226 e. The lowest BCUT2D eigenvalue weighted by Crippen LogP contribution is -2.33. The summed E-state index contributed by atoms with van der Waals surface area (Å²) in [6.07, 6.45) is 0.457. The number of rotatable bonds is 3. The van der Waals surface area contributed by atoms with Gasteiger partial charge in [0.15, 0.2) is 9.84 Å². The van der Waals surface area contributed by atoms with E-state index in [2.05, 4.69) is 6.07 Å². The van der Waals surface area contributed by atoms with Crippen LogP contribution in [-0.2, 0) is 21.2 Å². The number of carbonyl (C=O) groups is 1. The molecule has 4 nitrogen and oxygen atoms in total. The summed E-state index contributed by atoms with van der Waals surface area (Å²) >= 11 is 0. The second kappa shape index (κ2) is 5.56. The molecule has 1 aliphatic heterocycles. The largest absolute Gasteiger partial charge is 0.341 e. The number of aryl methyl sites for hydroxylation is 2. The number of hydrogen-bond donors (Lipinski definition) is 0. The van der Waals surface area contributed by atoms with E-state index in [1.165, 1.54) is 5.56 Å². The highest BCUT2D eigenvalue weighted by Crippen LogP contribution is 2.21. The Morgan fingerprint density at radius 2 is 2.05 bits per heavy atom. The Hall–Kier alpha value is -1.36. The van der Waals surface area contributed by atoms with Crippen LogP contribution in [-0.4, -0.2) is 37.8 Å². The van der Waals surface area contributed by atoms with Crippen LogP contribution in [0, 0.1) is 19.8 Å². The van der Waals surface area contributed by atoms with E-state index in [1.807, 2.05) is 26.0 Å². The van der Waals surface area contributed by atoms with Crippen molar-refractivity contribution >= 4 is 15.7 Å². The molecule has 1 atom stereocenters. The lowest BCUT2D eigenvalue weighted by Gasteiger charge is -2.21. The van der Waals surface area contributed by atoms with Crippen molar-refractivity contribution in [2.24, 2.45) is 5.92 Å². The third kappa shape index (κ3) is 3.39. The van der Waals surface area contributed by atoms with Crippen molar-refractivity contribution in [2.75, 3.05) is 18.6 Å². The number of nitrogens with zero attached hydrogens (tertiary/aromatic N) is 1. The van der Waals surface area contributed by atoms with Crippen molar-refractivity contribution in [3.05, 3.63) is 34.9 Å². The van der Waals surface area contributed by atoms with Gasteiger partial charge in [0, 0.05) is 13.6 Å². The van der Waals surface area contributed by atoms with Gasteiger partial charge in [0.05, 0.1) is 17.4 Å². The first-order chi connectivity index (χ1) is 9.28. The van der Waals surface area contributed by atoms with Gasteiger partial charge in [-0.3, -0.25) is 4.79 Å². The molecule has 1 amide bonds. The van der Waals surface area contributed by atoms with Gasteiger partial charge in [-0.15, -0.1) is 0 Å². The van der Waals surface area contributed by atoms with Crippen molar-refractivity contribution < 1.29 is 13.2 Å². The zero-order valence-corrected chi connectivity index (χ0v) is 13.0. The molecule has 1 saturated heterocycles. The third-order valence-electron chi connectivity index (χ3n) is 3.86. The van der Waals surface area contributed by atoms with E-state index in [1.54, 1.807) is 11.9 Å². The number of sulfone groups is 1. The maximum atomic E-state index is 12.3. The summed E-state index contributed by atoms with van der Waals surface area (Å²) in [5.41, 5.74) is 3.46. The van der Waals surface area contributed by atoms with Crippen LogP contribution in [0.15, 0.2) is 18.2 Å². The van der Waals surface area contributed by atoms with E-state index in [0.717, 1.165) is 11.1 Å². The van der Waals surface area contributed by atoms with Gasteiger partial charge < -0.3 is 4.90 Å². The third-order valence-corrected chi connectivity index (χ3v) is 5.63. The summed E-state index contributed by atoms with van der Waals surface area (Å²) in [4.78, 5) is 13.9. The van der Waals surface area contributed by atoms with Crippen molar-refractivity contribution in [3.63, 3.8) is 0 Å². The zero-order valence-electron chi connectivity index (χ0n) is 12.2. The van der Waals surface area contributed by atoms with Gasteiger partial charge in [0.2, 0.25) is 5.91 Å². The van der Waals surface area contributed by atoms with Crippen LogP contribution in [0.1, 0.15) is 23.1 Å². The molecule has 0 unspecified atom stereocenters. The molecule has 1 heterocycles. The standard InChI is InChI=1S/C15H21NO3S/c1-11-4-5-13(12(2)8-11)9-16(3)15(17)14-6-7-20(18,19)10-14/h4-5,8,14H,6-7,9-10H2,1-3H3/t14-/m1/s1. The summed E-state index contributed by atoms with van der Waals surface area (Å²) in [6.45, 7) is 4.59. The van der Waals surface area contributed by atoms with Crippen LogP contribution in [0.2, 0.25) is 0 Å². The van der Waals surface area contributed by atoms with Gasteiger partial charge in [-0.25, -0.2) is 8.42 Å². The van der Waals surface area contributed by atoms with Crippen molar-refractivity contribution in [1.29, 1.82) is 0 Å². The van der Waals surface area contributed by atoms with E-state index in [0.29, 0.717) is 13.0 Å². The molecule has 2 rings (SSSR count). The number of benzene rings is 1. The summed E-state index contributed by atoms with van der Waals surface area (Å²) in [5.74, 6) is -0.286. The predicted molar refractivity (Wildman–Crippen MR) is 79.2 cm³/mol. The molecule has 0 aromatic heterocycles. The van der Waals surface area contributed by atoms with Gasteiger partial charge >= 0.3 is 0 Å². The Morgan fingerprint density at radius 1 is 1.35 bits per heavy atom. The predicted octanol–water partition coefficient (Wildman–Crippen LogP) is 1.70. The van der Waals surface area contributed by atoms with Crippen LogP contribution in [0.25, 0.3) is 0 Å². The van der Waals surface area contributed by atoms with Crippen molar-refractivity contribution in [3.8, 4) is 0 Å². The fourth-order valence-corrected chi connectivity index (χ4v) is 4.39. The van der Waals surface area contributed by atoms with E-state index < -0.39 is 9.84 Å². The fourth-order valence-electron chi connectivity index (χ4n) is 2.66. The number of amides is 1. The van der Waals surface area contributed by atoms with Crippen LogP contribution in [0.3, 0.4) is 0 Å². The van der Waals surface area contributed by atoms with E-state index >= 15 is 0 Å². The average molecular weight is 295 g/mol. The minimum Gasteiger partial charge on any atom is -0.341 e. The molecule has 20 heavy (non-hydrogen) atoms. The Morgan fingerprint density at radius 3 is 2.60 bits per heavy atom. The SMILES string of the molecule is Cc1ccc(CN(C)C(=O)[C@@H]2CCS(=O)(=O)C2)c(C)c1. The minimum atomic E-state index is -3.01. The second-order valence-electron chi connectivity index (χ2n) is 5.72. The summed E-state index contributed by atoms with van der Waals surface area (Å²) < 4.78 is 22.9. The first-order valence-electron chi connectivity index (χ1n) is 6.80. The Balaban J connectivity index is 2.05. The average Bonchev–Trinajstić information content (AvgIpc) is 2.72. The van der Waals surface area contributed by atoms with E-state index in [9.17, 15) is 13.2 Å². The maximum Gasteiger partial charge on any atom is 0.226 e. The summed E-state index contributed by atoms with van der Waals surface area (Å²) in [6, 6.07) is 6.15. The first-order valence-corrected chi connectivity index (χ1v) is 8.62. The lowest BCUT2D eigenvalue weighted by atomic mass is 10.0. The van der Waals surface area contributed by atoms with Gasteiger partial charge in [0.25, 0.3) is 0 Å². The van der Waals surface area contributed by atoms with Crippen molar-refractivity contribution in [1.82, 2.24) is 4.90 Å². The molecule has 5 heteroatoms. The topological polar surface area (TPSA) is 54.5 Å². The molecule has 0 bridgehead atoms. The van der Waals surface area contributed by atoms with Crippen molar-refractivity contribution in [2.45, 2.75) is 26.8 Å². The van der Waals surface area contributed by atoms with E-state index in [4.69, 9.17) is 0 Å². The Labute approximate surface area is 120 Å². The highest BCUT2D eigenvalue weighted by Gasteiger charge is 2.34. The molecule has 0 N–H and O–H groups in total. The molecule has 0 radical (unpaired) electrons. The summed E-state index contributed by atoms with van der Waals surface area (Å²) in [5, 5.41) is 0. The Kier molecular flexibility index (Phi) is 4.18. The number of hydrogen-bond acceptors (Lipinski definition) is 3. The molecule has 1 aromatic carbocycles. The van der Waals surface area contributed by atoms with Crippen LogP contribution >= 0.6 is 0 Å². The molecule has 0 aliphatic carbocycles. The van der Waals surface area contributed by atoms with Gasteiger partial charge in [-0.1, -0.05) is 23.8 Å². The van der Waals surface area contributed by atoms with Crippen LogP contribution in [0.5, 0.6) is 0 Å². The molecule has 110 valence electrons. The molecule has 1 fully saturated rings. The fraction of sp³-hybridized carbons (Fsp3) is 0.533. The molecular weight excluding hydrogens is 274 g/mol. The minimum absolute atomic E-state index is 0.00303. The lowest BCUT2D eigenvalue weighted by molar-refractivity contribution is -0.133. The van der Waals surface area contributed by atoms with Gasteiger partial charge in [0.1, 0.15) is 0 Å². The monoisotopic (exact) mass is 295 g/mol. The zero-order chi connectivity index (χ0) is 14.9. The van der Waals surface area contributed by atoms with Crippen LogP contribution in [0.4, 0.5) is 0 Å². The molecule has 1 aromatic rings. The van der Waals surface area contributed by atoms with E-state index in [-0.39, 0.29) is 23.3 Å². The van der Waals surface area contributed by atoms with Gasteiger partial charge in [-0.2, -0.15) is 0 Å². The molecule has 1 aliphatic rings. The molecule has 0 spiro atoms. The highest BCUT2D eigenvalue weighted by atomic mass is 32.2. The first kappa shape index (κ1) is 15.0. The maximum absolute atomic E-state index is 12.3. The molecule has 0 saturated carbocycles. The van der Waals surface area contributed by atoms with Crippen LogP contribution < -0.4 is 0 Å².